The number of hydrogen-bond acceptors (Lipinski definition) is 4. The highest BCUT2D eigenvalue weighted by atomic mass is 16.6. The third kappa shape index (κ3) is 2.29. The van der Waals surface area contributed by atoms with Crippen molar-refractivity contribution in [2.75, 3.05) is 6.61 Å². The first-order valence-corrected chi connectivity index (χ1v) is 4.24. The smallest absolute Gasteiger partial charge is 0.309 e. The lowest BCUT2D eigenvalue weighted by Crippen LogP contribution is -2.20. The Balaban J connectivity index is 2.86. The average molecular weight is 199 g/mol. The monoisotopic (exact) mass is 199 g/mol. The average Bonchev–Trinajstić information content (AvgIpc) is 2.51. The van der Waals surface area contributed by atoms with Crippen molar-refractivity contribution in [3.63, 3.8) is 0 Å². The van der Waals surface area contributed by atoms with Gasteiger partial charge in [0.2, 0.25) is 0 Å². The third-order valence-electron chi connectivity index (χ3n) is 1.98. The Morgan fingerprint density at radius 1 is 1.71 bits per heavy atom. The van der Waals surface area contributed by atoms with Gasteiger partial charge in [-0.1, -0.05) is 13.8 Å². The Morgan fingerprint density at radius 2 is 2.36 bits per heavy atom. The van der Waals surface area contributed by atoms with Gasteiger partial charge < -0.3 is 5.11 Å². The number of nitrogens with one attached hydrogen (secondary N) is 1. The van der Waals surface area contributed by atoms with E-state index in [4.69, 9.17) is 5.11 Å². The van der Waals surface area contributed by atoms with Crippen molar-refractivity contribution >= 4 is 5.69 Å². The molecular weight excluding hydrogens is 186 g/mol. The summed E-state index contributed by atoms with van der Waals surface area (Å²) in [6.45, 7) is 3.64. The SMILES string of the molecule is CC(C)(CO)Cc1[nH]ncc1[N+](=O)[O-]. The molecule has 2 N–H and O–H groups in total. The quantitative estimate of drug-likeness (QED) is 0.556. The van der Waals surface area contributed by atoms with Gasteiger partial charge in [-0.25, -0.2) is 0 Å². The molecular formula is C8H13N3O3. The molecule has 1 aromatic rings. The molecule has 0 radical (unpaired) electrons. The van der Waals surface area contributed by atoms with Crippen molar-refractivity contribution in [1.82, 2.24) is 10.2 Å². The maximum Gasteiger partial charge on any atom is 0.309 e. The zero-order valence-corrected chi connectivity index (χ0v) is 8.15. The van der Waals surface area contributed by atoms with Gasteiger partial charge in [0.1, 0.15) is 11.9 Å². The summed E-state index contributed by atoms with van der Waals surface area (Å²) in [5, 5.41) is 25.7. The largest absolute Gasteiger partial charge is 0.396 e. The predicted octanol–water partition coefficient (Wildman–Crippen LogP) is 0.879. The highest BCUT2D eigenvalue weighted by molar-refractivity contribution is 5.32. The van der Waals surface area contributed by atoms with E-state index in [1.165, 1.54) is 6.20 Å². The molecule has 0 aliphatic rings. The van der Waals surface area contributed by atoms with Crippen LogP contribution in [0.3, 0.4) is 0 Å². The van der Waals surface area contributed by atoms with Gasteiger partial charge in [-0.3, -0.25) is 15.2 Å². The van der Waals surface area contributed by atoms with Crippen molar-refractivity contribution < 1.29 is 10.0 Å². The van der Waals surface area contributed by atoms with Crippen molar-refractivity contribution in [3.05, 3.63) is 22.0 Å². The minimum atomic E-state index is -0.480. The maximum atomic E-state index is 10.5. The van der Waals surface area contributed by atoms with Crippen molar-refractivity contribution in [2.24, 2.45) is 5.41 Å². The molecule has 0 aromatic carbocycles. The number of H-pyrrole nitrogens is 1. The summed E-state index contributed by atoms with van der Waals surface area (Å²) >= 11 is 0. The van der Waals surface area contributed by atoms with Gasteiger partial charge in [0, 0.05) is 13.0 Å². The van der Waals surface area contributed by atoms with Crippen LogP contribution in [0.2, 0.25) is 0 Å². The molecule has 0 spiro atoms. The molecule has 0 atom stereocenters. The summed E-state index contributed by atoms with van der Waals surface area (Å²) in [4.78, 5) is 10.1. The number of aliphatic hydroxyl groups excluding tert-OH is 1. The summed E-state index contributed by atoms with van der Waals surface area (Å²) in [5.41, 5.74) is 0.0534. The fourth-order valence-electron chi connectivity index (χ4n) is 1.13. The highest BCUT2D eigenvalue weighted by Gasteiger charge is 2.24. The fourth-order valence-corrected chi connectivity index (χ4v) is 1.13. The van der Waals surface area contributed by atoms with E-state index in [0.717, 1.165) is 0 Å². The third-order valence-corrected chi connectivity index (χ3v) is 1.98. The van der Waals surface area contributed by atoms with Crippen LogP contribution in [0.1, 0.15) is 19.5 Å². The first kappa shape index (κ1) is 10.6. The first-order chi connectivity index (χ1) is 6.46. The Morgan fingerprint density at radius 3 is 2.86 bits per heavy atom. The Hall–Kier alpha value is -1.43. The van der Waals surface area contributed by atoms with Crippen LogP contribution in [-0.4, -0.2) is 26.8 Å². The number of rotatable bonds is 4. The van der Waals surface area contributed by atoms with Gasteiger partial charge in [-0.15, -0.1) is 0 Å². The summed E-state index contributed by atoms with van der Waals surface area (Å²) in [7, 11) is 0. The first-order valence-electron chi connectivity index (χ1n) is 4.24. The zero-order chi connectivity index (χ0) is 10.8. The van der Waals surface area contributed by atoms with Crippen LogP contribution in [-0.2, 0) is 6.42 Å². The molecule has 0 fully saturated rings. The number of aromatic nitrogens is 2. The Kier molecular flexibility index (Phi) is 2.85. The van der Waals surface area contributed by atoms with Gasteiger partial charge in [0.25, 0.3) is 0 Å². The van der Waals surface area contributed by atoms with Crippen molar-refractivity contribution in [2.45, 2.75) is 20.3 Å². The van der Waals surface area contributed by atoms with E-state index >= 15 is 0 Å². The van der Waals surface area contributed by atoms with E-state index in [9.17, 15) is 10.1 Å². The normalized spacial score (nSPS) is 11.6. The van der Waals surface area contributed by atoms with Crippen LogP contribution in [0.4, 0.5) is 5.69 Å². The molecule has 1 aromatic heterocycles. The second-order valence-corrected chi connectivity index (χ2v) is 3.99. The molecule has 0 amide bonds. The van der Waals surface area contributed by atoms with Crippen LogP contribution in [0, 0.1) is 15.5 Å². The van der Waals surface area contributed by atoms with Crippen LogP contribution in [0.15, 0.2) is 6.20 Å². The lowest BCUT2D eigenvalue weighted by Gasteiger charge is -2.19. The van der Waals surface area contributed by atoms with E-state index in [0.29, 0.717) is 12.1 Å². The summed E-state index contributed by atoms with van der Waals surface area (Å²) in [6.07, 6.45) is 1.59. The Bertz CT molecular complexity index is 332. The van der Waals surface area contributed by atoms with Crippen molar-refractivity contribution in [1.29, 1.82) is 0 Å². The fraction of sp³-hybridized carbons (Fsp3) is 0.625. The van der Waals surface area contributed by atoms with E-state index in [1.54, 1.807) is 0 Å². The van der Waals surface area contributed by atoms with Gasteiger partial charge in [-0.2, -0.15) is 5.10 Å². The second-order valence-electron chi connectivity index (χ2n) is 3.99. The van der Waals surface area contributed by atoms with E-state index in [1.807, 2.05) is 13.8 Å². The summed E-state index contributed by atoms with van der Waals surface area (Å²) in [5.74, 6) is 0. The molecule has 1 heterocycles. The minimum absolute atomic E-state index is 0.0217. The molecule has 0 aliphatic carbocycles. The number of nitrogens with zero attached hydrogens (tertiary/aromatic N) is 2. The number of nitro groups is 1. The maximum absolute atomic E-state index is 10.5. The highest BCUT2D eigenvalue weighted by Crippen LogP contribution is 2.25. The molecule has 0 unspecified atom stereocenters. The van der Waals surface area contributed by atoms with Gasteiger partial charge in [-0.05, 0) is 5.41 Å². The van der Waals surface area contributed by atoms with Gasteiger partial charge in [0.05, 0.1) is 4.92 Å². The van der Waals surface area contributed by atoms with Gasteiger partial charge in [0.15, 0.2) is 0 Å². The van der Waals surface area contributed by atoms with E-state index in [2.05, 4.69) is 10.2 Å². The van der Waals surface area contributed by atoms with Crippen LogP contribution < -0.4 is 0 Å². The second kappa shape index (κ2) is 3.75. The predicted molar refractivity (Wildman–Crippen MR) is 49.8 cm³/mol. The molecule has 6 nitrogen and oxygen atoms in total. The zero-order valence-electron chi connectivity index (χ0n) is 8.15. The van der Waals surface area contributed by atoms with E-state index in [-0.39, 0.29) is 17.7 Å². The Labute approximate surface area is 81.1 Å². The topological polar surface area (TPSA) is 92.0 Å². The molecule has 0 bridgehead atoms. The lowest BCUT2D eigenvalue weighted by atomic mass is 9.89. The molecule has 6 heteroatoms. The summed E-state index contributed by atoms with van der Waals surface area (Å²) < 4.78 is 0. The molecule has 78 valence electrons. The minimum Gasteiger partial charge on any atom is -0.396 e. The molecule has 0 aliphatic heterocycles. The van der Waals surface area contributed by atoms with Gasteiger partial charge >= 0.3 is 5.69 Å². The van der Waals surface area contributed by atoms with E-state index < -0.39 is 4.92 Å². The van der Waals surface area contributed by atoms with Crippen LogP contribution in [0.25, 0.3) is 0 Å². The lowest BCUT2D eigenvalue weighted by molar-refractivity contribution is -0.385. The molecule has 0 saturated carbocycles. The number of hydrogen-bond donors (Lipinski definition) is 2. The molecule has 1 rings (SSSR count). The van der Waals surface area contributed by atoms with Crippen LogP contribution in [0.5, 0.6) is 0 Å². The van der Waals surface area contributed by atoms with Crippen molar-refractivity contribution in [3.8, 4) is 0 Å². The number of aliphatic hydroxyl groups is 1. The standard InChI is InChI=1S/C8H13N3O3/c1-8(2,5-12)3-6-7(11(13)14)4-9-10-6/h4,12H,3,5H2,1-2H3,(H,9,10). The number of aromatic amines is 1. The summed E-state index contributed by atoms with van der Waals surface area (Å²) in [6, 6.07) is 0. The van der Waals surface area contributed by atoms with Crippen LogP contribution >= 0.6 is 0 Å². The molecule has 0 saturated heterocycles. The molecule has 14 heavy (non-hydrogen) atoms.